The molecule has 0 aliphatic heterocycles. The molecule has 0 aliphatic carbocycles. The number of hydrogen-bond acceptors (Lipinski definition) is 1. The summed E-state index contributed by atoms with van der Waals surface area (Å²) >= 11 is 3.45. The van der Waals surface area contributed by atoms with Gasteiger partial charge in [-0.15, -0.1) is 0 Å². The fourth-order valence-electron chi connectivity index (χ4n) is 1.92. The normalized spacial score (nSPS) is 10.4. The average Bonchev–Trinajstić information content (AvgIpc) is 2.53. The molecule has 0 unspecified atom stereocenters. The highest BCUT2D eigenvalue weighted by molar-refractivity contribution is 9.10. The van der Waals surface area contributed by atoms with E-state index in [1.165, 1.54) is 0 Å². The maximum absolute atomic E-state index is 10.9. The third-order valence-electron chi connectivity index (χ3n) is 2.66. The number of carbonyl (C=O) groups is 1. The van der Waals surface area contributed by atoms with Crippen LogP contribution in [-0.2, 0) is 0 Å². The van der Waals surface area contributed by atoms with E-state index in [1.54, 1.807) is 0 Å². The first-order chi connectivity index (χ1) is 7.63. The maximum atomic E-state index is 10.9. The number of aromatic nitrogens is 1. The Morgan fingerprint density at radius 1 is 1.25 bits per heavy atom. The minimum Gasteiger partial charge on any atom is -0.318 e. The first kappa shape index (κ1) is 11.1. The van der Waals surface area contributed by atoms with Crippen LogP contribution in [0.1, 0.15) is 21.7 Å². The molecule has 0 radical (unpaired) electrons. The zero-order valence-electron chi connectivity index (χ0n) is 9.20. The summed E-state index contributed by atoms with van der Waals surface area (Å²) in [6.45, 7) is 3.96. The van der Waals surface area contributed by atoms with Crippen molar-refractivity contribution in [1.82, 2.24) is 4.57 Å². The summed E-state index contributed by atoms with van der Waals surface area (Å²) in [6, 6.07) is 9.94. The second-order valence-electron chi connectivity index (χ2n) is 3.76. The van der Waals surface area contributed by atoms with Crippen molar-refractivity contribution in [2.45, 2.75) is 13.8 Å². The Kier molecular flexibility index (Phi) is 2.97. The molecule has 0 N–H and O–H groups in total. The minimum atomic E-state index is 0.748. The summed E-state index contributed by atoms with van der Waals surface area (Å²) in [5.41, 5.74) is 3.86. The van der Waals surface area contributed by atoms with E-state index in [0.29, 0.717) is 0 Å². The van der Waals surface area contributed by atoms with Gasteiger partial charge in [-0.3, -0.25) is 4.79 Å². The zero-order chi connectivity index (χ0) is 11.7. The highest BCUT2D eigenvalue weighted by Crippen LogP contribution is 2.22. The van der Waals surface area contributed by atoms with Crippen LogP contribution in [0.5, 0.6) is 0 Å². The lowest BCUT2D eigenvalue weighted by atomic mass is 10.2. The van der Waals surface area contributed by atoms with Crippen LogP contribution in [0, 0.1) is 13.8 Å². The van der Waals surface area contributed by atoms with Gasteiger partial charge in [0.15, 0.2) is 6.29 Å². The van der Waals surface area contributed by atoms with Gasteiger partial charge in [-0.05, 0) is 38.1 Å². The molecule has 1 aromatic heterocycles. The molecule has 82 valence electrons. The van der Waals surface area contributed by atoms with Crippen molar-refractivity contribution in [2.24, 2.45) is 0 Å². The standard InChI is InChI=1S/C13H12BrNO/c1-9-6-11(8-16)10(2)15(9)13-5-3-4-12(14)7-13/h3-8H,1-2H3. The number of rotatable bonds is 2. The van der Waals surface area contributed by atoms with Crippen LogP contribution in [0.2, 0.25) is 0 Å². The van der Waals surface area contributed by atoms with Crippen molar-refractivity contribution >= 4 is 22.2 Å². The Hall–Kier alpha value is -1.35. The number of benzene rings is 1. The third-order valence-corrected chi connectivity index (χ3v) is 3.16. The van der Waals surface area contributed by atoms with Gasteiger partial charge in [0.25, 0.3) is 0 Å². The molecule has 0 amide bonds. The number of hydrogen-bond donors (Lipinski definition) is 0. The largest absolute Gasteiger partial charge is 0.318 e. The van der Waals surface area contributed by atoms with Gasteiger partial charge in [0, 0.05) is 27.1 Å². The lowest BCUT2D eigenvalue weighted by molar-refractivity contribution is 0.112. The summed E-state index contributed by atoms with van der Waals surface area (Å²) in [7, 11) is 0. The van der Waals surface area contributed by atoms with E-state index >= 15 is 0 Å². The van der Waals surface area contributed by atoms with Crippen molar-refractivity contribution in [2.75, 3.05) is 0 Å². The molecule has 0 aliphatic rings. The predicted molar refractivity (Wildman–Crippen MR) is 68.3 cm³/mol. The number of nitrogens with zero attached hydrogens (tertiary/aromatic N) is 1. The van der Waals surface area contributed by atoms with E-state index in [4.69, 9.17) is 0 Å². The van der Waals surface area contributed by atoms with Crippen LogP contribution >= 0.6 is 15.9 Å². The van der Waals surface area contributed by atoms with E-state index < -0.39 is 0 Å². The van der Waals surface area contributed by atoms with Crippen molar-refractivity contribution in [3.8, 4) is 5.69 Å². The van der Waals surface area contributed by atoms with Gasteiger partial charge < -0.3 is 4.57 Å². The Morgan fingerprint density at radius 3 is 2.56 bits per heavy atom. The minimum absolute atomic E-state index is 0.748. The summed E-state index contributed by atoms with van der Waals surface area (Å²) < 4.78 is 3.11. The highest BCUT2D eigenvalue weighted by atomic mass is 79.9. The molecule has 1 heterocycles. The van der Waals surface area contributed by atoms with E-state index in [-0.39, 0.29) is 0 Å². The Balaban J connectivity index is 2.64. The van der Waals surface area contributed by atoms with Gasteiger partial charge in [-0.25, -0.2) is 0 Å². The number of halogens is 1. The molecule has 2 aromatic rings. The van der Waals surface area contributed by atoms with Crippen molar-refractivity contribution in [3.05, 3.63) is 51.8 Å². The first-order valence-electron chi connectivity index (χ1n) is 5.03. The summed E-state index contributed by atoms with van der Waals surface area (Å²) in [6.07, 6.45) is 0.900. The summed E-state index contributed by atoms with van der Waals surface area (Å²) in [5.74, 6) is 0. The molecule has 0 spiro atoms. The Morgan fingerprint density at radius 2 is 2.00 bits per heavy atom. The quantitative estimate of drug-likeness (QED) is 0.768. The molecule has 0 fully saturated rings. The van der Waals surface area contributed by atoms with Crippen molar-refractivity contribution in [1.29, 1.82) is 0 Å². The molecular formula is C13H12BrNO. The lowest BCUT2D eigenvalue weighted by Gasteiger charge is -2.09. The lowest BCUT2D eigenvalue weighted by Crippen LogP contribution is -1.99. The van der Waals surface area contributed by atoms with E-state index in [9.17, 15) is 4.79 Å². The van der Waals surface area contributed by atoms with Gasteiger partial charge in [0.05, 0.1) is 0 Å². The van der Waals surface area contributed by atoms with Gasteiger partial charge in [0.1, 0.15) is 0 Å². The monoisotopic (exact) mass is 277 g/mol. The number of aryl methyl sites for hydroxylation is 1. The molecule has 2 rings (SSSR count). The van der Waals surface area contributed by atoms with Crippen molar-refractivity contribution in [3.63, 3.8) is 0 Å². The Bertz CT molecular complexity index is 543. The molecule has 16 heavy (non-hydrogen) atoms. The molecule has 2 nitrogen and oxygen atoms in total. The highest BCUT2D eigenvalue weighted by Gasteiger charge is 2.09. The maximum Gasteiger partial charge on any atom is 0.151 e. The topological polar surface area (TPSA) is 22.0 Å². The van der Waals surface area contributed by atoms with E-state index in [0.717, 1.165) is 33.4 Å². The summed E-state index contributed by atoms with van der Waals surface area (Å²) in [5, 5.41) is 0. The predicted octanol–water partition coefficient (Wildman–Crippen LogP) is 3.67. The summed E-state index contributed by atoms with van der Waals surface area (Å²) in [4.78, 5) is 10.9. The van der Waals surface area contributed by atoms with Crippen LogP contribution in [0.4, 0.5) is 0 Å². The molecule has 1 aromatic carbocycles. The fraction of sp³-hybridized carbons (Fsp3) is 0.154. The molecule has 0 bridgehead atoms. The second-order valence-corrected chi connectivity index (χ2v) is 4.68. The molecule has 0 saturated carbocycles. The second kappa shape index (κ2) is 4.26. The van der Waals surface area contributed by atoms with Crippen LogP contribution in [-0.4, -0.2) is 10.9 Å². The third kappa shape index (κ3) is 1.83. The average molecular weight is 278 g/mol. The first-order valence-corrected chi connectivity index (χ1v) is 5.83. The van der Waals surface area contributed by atoms with Crippen molar-refractivity contribution < 1.29 is 4.79 Å². The zero-order valence-corrected chi connectivity index (χ0v) is 10.8. The molecule has 3 heteroatoms. The Labute approximate surface area is 103 Å². The molecular weight excluding hydrogens is 266 g/mol. The number of carbonyl (C=O) groups excluding carboxylic acids is 1. The fourth-order valence-corrected chi connectivity index (χ4v) is 2.31. The van der Waals surface area contributed by atoms with E-state index in [1.807, 2.05) is 44.2 Å². The molecule has 0 saturated heterocycles. The van der Waals surface area contributed by atoms with Crippen LogP contribution in [0.15, 0.2) is 34.8 Å². The van der Waals surface area contributed by atoms with Gasteiger partial charge in [0.2, 0.25) is 0 Å². The van der Waals surface area contributed by atoms with Gasteiger partial charge >= 0.3 is 0 Å². The van der Waals surface area contributed by atoms with Crippen LogP contribution in [0.3, 0.4) is 0 Å². The smallest absolute Gasteiger partial charge is 0.151 e. The molecule has 0 atom stereocenters. The van der Waals surface area contributed by atoms with Gasteiger partial charge in [-0.1, -0.05) is 22.0 Å². The van der Waals surface area contributed by atoms with Crippen LogP contribution < -0.4 is 0 Å². The van der Waals surface area contributed by atoms with Gasteiger partial charge in [-0.2, -0.15) is 0 Å². The number of aldehydes is 1. The SMILES string of the molecule is Cc1cc(C=O)c(C)n1-c1cccc(Br)c1. The van der Waals surface area contributed by atoms with Crippen LogP contribution in [0.25, 0.3) is 5.69 Å². The van der Waals surface area contributed by atoms with E-state index in [2.05, 4.69) is 20.5 Å².